The number of nitrogens with zero attached hydrogens (tertiary/aromatic N) is 3. The number of benzene rings is 2. The first-order chi connectivity index (χ1) is 13.9. The molecule has 9 heteroatoms. The Bertz CT molecular complexity index is 1120. The van der Waals surface area contributed by atoms with Crippen molar-refractivity contribution in [1.82, 2.24) is 13.9 Å². The van der Waals surface area contributed by atoms with Gasteiger partial charge in [0.1, 0.15) is 4.90 Å². The summed E-state index contributed by atoms with van der Waals surface area (Å²) in [6, 6.07) is 12.2. The lowest BCUT2D eigenvalue weighted by atomic mass is 10.3. The smallest absolute Gasteiger partial charge is 0.244 e. The second-order valence-corrected chi connectivity index (χ2v) is 8.77. The summed E-state index contributed by atoms with van der Waals surface area (Å²) in [5.74, 6) is -0.226. The van der Waals surface area contributed by atoms with E-state index in [0.29, 0.717) is 25.3 Å². The van der Waals surface area contributed by atoms with Crippen molar-refractivity contribution in [2.45, 2.75) is 31.7 Å². The topological polar surface area (TPSA) is 84.3 Å². The number of rotatable bonds is 8. The molecule has 0 saturated carbocycles. The van der Waals surface area contributed by atoms with Gasteiger partial charge in [0.15, 0.2) is 0 Å². The number of sulfonamides is 1. The van der Waals surface area contributed by atoms with Gasteiger partial charge in [0.05, 0.1) is 22.4 Å². The van der Waals surface area contributed by atoms with E-state index in [4.69, 9.17) is 11.6 Å². The summed E-state index contributed by atoms with van der Waals surface area (Å²) >= 11 is 6.13. The van der Waals surface area contributed by atoms with E-state index in [2.05, 4.69) is 10.3 Å². The summed E-state index contributed by atoms with van der Waals surface area (Å²) < 4.78 is 28.8. The van der Waals surface area contributed by atoms with Crippen molar-refractivity contribution in [3.63, 3.8) is 0 Å². The van der Waals surface area contributed by atoms with Gasteiger partial charge in [-0.25, -0.2) is 13.4 Å². The normalized spacial score (nSPS) is 11.9. The van der Waals surface area contributed by atoms with Crippen LogP contribution in [0, 0.1) is 0 Å². The molecule has 0 aliphatic carbocycles. The predicted octanol–water partition coefficient (Wildman–Crippen LogP) is 3.75. The molecule has 0 radical (unpaired) electrons. The molecule has 0 spiro atoms. The van der Waals surface area contributed by atoms with Crippen LogP contribution >= 0.6 is 11.6 Å². The number of nitrogens with one attached hydrogen (secondary N) is 1. The first-order valence-corrected chi connectivity index (χ1v) is 11.2. The minimum absolute atomic E-state index is 0.0127. The Balaban J connectivity index is 1.72. The molecule has 29 heavy (non-hydrogen) atoms. The van der Waals surface area contributed by atoms with Gasteiger partial charge in [-0.3, -0.25) is 4.79 Å². The van der Waals surface area contributed by atoms with Gasteiger partial charge in [-0.05, 0) is 30.3 Å². The van der Waals surface area contributed by atoms with Crippen molar-refractivity contribution in [2.75, 3.05) is 18.4 Å². The largest absolute Gasteiger partial charge is 0.330 e. The van der Waals surface area contributed by atoms with E-state index in [0.717, 1.165) is 11.0 Å². The van der Waals surface area contributed by atoms with Crippen LogP contribution in [0.15, 0.2) is 53.7 Å². The van der Waals surface area contributed by atoms with Crippen LogP contribution in [-0.2, 0) is 21.4 Å². The Morgan fingerprint density at radius 2 is 1.90 bits per heavy atom. The molecule has 1 amide bonds. The number of imidazole rings is 1. The minimum atomic E-state index is -3.72. The molecule has 154 valence electrons. The molecular formula is C20H23ClN4O3S. The number of aromatic nitrogens is 2. The molecule has 0 saturated heterocycles. The number of fused-ring (bicyclic) bond motifs is 1. The highest BCUT2D eigenvalue weighted by molar-refractivity contribution is 7.89. The zero-order valence-electron chi connectivity index (χ0n) is 16.3. The molecule has 0 aliphatic rings. The molecule has 1 N–H and O–H groups in total. The van der Waals surface area contributed by atoms with Gasteiger partial charge in [0.2, 0.25) is 15.9 Å². The highest BCUT2D eigenvalue weighted by Gasteiger charge is 2.25. The van der Waals surface area contributed by atoms with Gasteiger partial charge in [0, 0.05) is 31.7 Å². The second-order valence-electron chi connectivity index (χ2n) is 6.46. The lowest BCUT2D eigenvalue weighted by molar-refractivity contribution is -0.116. The number of carbonyl (C=O) groups excluding carboxylic acids is 1. The molecule has 3 rings (SSSR count). The number of hydrogen-bond donors (Lipinski definition) is 1. The third-order valence-corrected chi connectivity index (χ3v) is 7.18. The average Bonchev–Trinajstić information content (AvgIpc) is 3.11. The molecule has 0 atom stereocenters. The Morgan fingerprint density at radius 1 is 1.17 bits per heavy atom. The lowest BCUT2D eigenvalue weighted by Gasteiger charge is -2.19. The first-order valence-electron chi connectivity index (χ1n) is 9.36. The van der Waals surface area contributed by atoms with Crippen LogP contribution in [0.5, 0.6) is 0 Å². The molecule has 1 aromatic heterocycles. The minimum Gasteiger partial charge on any atom is -0.330 e. The molecule has 0 fully saturated rings. The molecule has 0 aliphatic heterocycles. The van der Waals surface area contributed by atoms with Crippen molar-refractivity contribution >= 4 is 44.3 Å². The summed E-state index contributed by atoms with van der Waals surface area (Å²) in [5.41, 5.74) is 2.22. The van der Waals surface area contributed by atoms with Crippen LogP contribution in [-0.4, -0.2) is 41.3 Å². The van der Waals surface area contributed by atoms with E-state index in [1.54, 1.807) is 26.2 Å². The standard InChI is InChI=1S/C20H23ClN4O3S/c1-3-25(4-2)29(27,28)19-13-15(9-10-16(19)21)23-20(26)11-12-24-14-22-17-7-5-6-8-18(17)24/h5-10,13-14H,3-4,11-12H2,1-2H3,(H,23,26). The number of carbonyl (C=O) groups is 1. The van der Waals surface area contributed by atoms with Crippen LogP contribution in [0.3, 0.4) is 0 Å². The molecule has 0 unspecified atom stereocenters. The fourth-order valence-electron chi connectivity index (χ4n) is 3.12. The van der Waals surface area contributed by atoms with E-state index in [1.807, 2.05) is 28.8 Å². The molecule has 1 heterocycles. The maximum atomic E-state index is 12.8. The highest BCUT2D eigenvalue weighted by atomic mass is 35.5. The van der Waals surface area contributed by atoms with E-state index >= 15 is 0 Å². The summed E-state index contributed by atoms with van der Waals surface area (Å²) in [4.78, 5) is 16.7. The Hall–Kier alpha value is -2.42. The summed E-state index contributed by atoms with van der Waals surface area (Å²) in [7, 11) is -3.72. The average molecular weight is 435 g/mol. The van der Waals surface area contributed by atoms with Crippen LogP contribution in [0.1, 0.15) is 20.3 Å². The Kier molecular flexibility index (Phi) is 6.56. The SMILES string of the molecule is CCN(CC)S(=O)(=O)c1cc(NC(=O)CCn2cnc3ccccc32)ccc1Cl. The van der Waals surface area contributed by atoms with Gasteiger partial charge in [-0.2, -0.15) is 4.31 Å². The van der Waals surface area contributed by atoms with Crippen LogP contribution in [0.25, 0.3) is 11.0 Å². The fourth-order valence-corrected chi connectivity index (χ4v) is 5.07. The molecule has 2 aromatic carbocycles. The summed E-state index contributed by atoms with van der Waals surface area (Å²) in [6.45, 7) is 4.67. The number of aryl methyl sites for hydroxylation is 1. The zero-order chi connectivity index (χ0) is 21.0. The molecule has 3 aromatic rings. The third-order valence-electron chi connectivity index (χ3n) is 4.65. The van der Waals surface area contributed by atoms with Gasteiger partial charge in [-0.15, -0.1) is 0 Å². The van der Waals surface area contributed by atoms with E-state index < -0.39 is 10.0 Å². The summed E-state index contributed by atoms with van der Waals surface area (Å²) in [6.07, 6.45) is 1.93. The van der Waals surface area contributed by atoms with Gasteiger partial charge in [-0.1, -0.05) is 37.6 Å². The van der Waals surface area contributed by atoms with E-state index in [9.17, 15) is 13.2 Å². The zero-order valence-corrected chi connectivity index (χ0v) is 17.9. The van der Waals surface area contributed by atoms with Gasteiger partial charge < -0.3 is 9.88 Å². The quantitative estimate of drug-likeness (QED) is 0.585. The second kappa shape index (κ2) is 8.94. The fraction of sp³-hybridized carbons (Fsp3) is 0.300. The van der Waals surface area contributed by atoms with Gasteiger partial charge in [0.25, 0.3) is 0 Å². The molecular weight excluding hydrogens is 412 g/mol. The van der Waals surface area contributed by atoms with Gasteiger partial charge >= 0.3 is 0 Å². The van der Waals surface area contributed by atoms with E-state index in [1.165, 1.54) is 16.4 Å². The van der Waals surface area contributed by atoms with Crippen LogP contribution in [0.4, 0.5) is 5.69 Å². The highest BCUT2D eigenvalue weighted by Crippen LogP contribution is 2.28. The third kappa shape index (κ3) is 4.60. The van der Waals surface area contributed by atoms with Crippen LogP contribution in [0.2, 0.25) is 5.02 Å². The molecule has 7 nitrogen and oxygen atoms in total. The summed E-state index contributed by atoms with van der Waals surface area (Å²) in [5, 5.41) is 2.88. The van der Waals surface area contributed by atoms with Crippen molar-refractivity contribution < 1.29 is 13.2 Å². The monoisotopic (exact) mass is 434 g/mol. The number of anilines is 1. The Morgan fingerprint density at radius 3 is 2.62 bits per heavy atom. The van der Waals surface area contributed by atoms with E-state index in [-0.39, 0.29) is 22.2 Å². The molecule has 0 bridgehead atoms. The number of amides is 1. The number of para-hydroxylation sites is 2. The van der Waals surface area contributed by atoms with Crippen molar-refractivity contribution in [3.05, 3.63) is 53.8 Å². The van der Waals surface area contributed by atoms with Crippen molar-refractivity contribution in [1.29, 1.82) is 0 Å². The Labute approximate surface area is 175 Å². The lowest BCUT2D eigenvalue weighted by Crippen LogP contribution is -2.30. The van der Waals surface area contributed by atoms with Crippen LogP contribution < -0.4 is 5.32 Å². The van der Waals surface area contributed by atoms with Crippen molar-refractivity contribution in [3.8, 4) is 0 Å². The number of hydrogen-bond acceptors (Lipinski definition) is 4. The maximum absolute atomic E-state index is 12.8. The maximum Gasteiger partial charge on any atom is 0.244 e. The number of halogens is 1. The first kappa shape index (κ1) is 21.3. The predicted molar refractivity (Wildman–Crippen MR) is 115 cm³/mol. The van der Waals surface area contributed by atoms with Crippen molar-refractivity contribution in [2.24, 2.45) is 0 Å².